The Kier molecular flexibility index (Phi) is 6.50. The van der Waals surface area contributed by atoms with Gasteiger partial charge in [0.25, 0.3) is 0 Å². The van der Waals surface area contributed by atoms with Crippen LogP contribution in [0.15, 0.2) is 18.5 Å². The Hall–Kier alpha value is -1.09. The molecule has 2 rings (SSSR count). The van der Waals surface area contributed by atoms with Crippen LogP contribution in [-0.2, 0) is 0 Å². The Bertz CT molecular complexity index is 413. The molecule has 1 fully saturated rings. The standard InChI is InChI=1S/C18H30N2O/c1-4-5-6-14-7-9-15(10-8-14)18(19-2)16-11-17(21-3)13-20-12-16/h11-15,18-19H,4-10H2,1-3H3. The Morgan fingerprint density at radius 3 is 2.67 bits per heavy atom. The highest BCUT2D eigenvalue weighted by Gasteiger charge is 2.27. The van der Waals surface area contributed by atoms with Crippen molar-refractivity contribution in [1.29, 1.82) is 0 Å². The molecule has 0 saturated heterocycles. The van der Waals surface area contributed by atoms with Crippen LogP contribution < -0.4 is 10.1 Å². The molecule has 3 heteroatoms. The monoisotopic (exact) mass is 290 g/mol. The third kappa shape index (κ3) is 4.44. The Balaban J connectivity index is 1.96. The van der Waals surface area contributed by atoms with Crippen molar-refractivity contribution in [3.63, 3.8) is 0 Å². The number of aromatic nitrogens is 1. The van der Waals surface area contributed by atoms with Crippen molar-refractivity contribution >= 4 is 0 Å². The van der Waals surface area contributed by atoms with E-state index in [0.717, 1.165) is 17.6 Å². The van der Waals surface area contributed by atoms with Crippen LogP contribution in [0.5, 0.6) is 5.75 Å². The molecule has 1 N–H and O–H groups in total. The van der Waals surface area contributed by atoms with E-state index >= 15 is 0 Å². The largest absolute Gasteiger partial charge is 0.495 e. The van der Waals surface area contributed by atoms with Crippen molar-refractivity contribution in [3.8, 4) is 5.75 Å². The number of ether oxygens (including phenoxy) is 1. The van der Waals surface area contributed by atoms with Gasteiger partial charge < -0.3 is 10.1 Å². The number of nitrogens with zero attached hydrogens (tertiary/aromatic N) is 1. The lowest BCUT2D eigenvalue weighted by molar-refractivity contribution is 0.217. The van der Waals surface area contributed by atoms with Gasteiger partial charge in [0.05, 0.1) is 13.3 Å². The zero-order valence-corrected chi connectivity index (χ0v) is 13.8. The van der Waals surface area contributed by atoms with Crippen LogP contribution in [-0.4, -0.2) is 19.1 Å². The molecule has 1 aromatic rings. The van der Waals surface area contributed by atoms with Gasteiger partial charge in [-0.3, -0.25) is 4.98 Å². The molecule has 3 nitrogen and oxygen atoms in total. The lowest BCUT2D eigenvalue weighted by Gasteiger charge is -2.34. The van der Waals surface area contributed by atoms with Gasteiger partial charge in [0, 0.05) is 12.2 Å². The van der Waals surface area contributed by atoms with Crippen LogP contribution >= 0.6 is 0 Å². The molecular formula is C18H30N2O. The van der Waals surface area contributed by atoms with E-state index in [0.29, 0.717) is 6.04 Å². The first-order valence-corrected chi connectivity index (χ1v) is 8.44. The highest BCUT2D eigenvalue weighted by Crippen LogP contribution is 2.38. The molecule has 1 aliphatic carbocycles. The van der Waals surface area contributed by atoms with Crippen molar-refractivity contribution in [2.24, 2.45) is 11.8 Å². The van der Waals surface area contributed by atoms with Crippen molar-refractivity contribution in [2.75, 3.05) is 14.2 Å². The third-order valence-electron chi connectivity index (χ3n) is 4.97. The Morgan fingerprint density at radius 1 is 1.29 bits per heavy atom. The highest BCUT2D eigenvalue weighted by molar-refractivity contribution is 5.26. The zero-order chi connectivity index (χ0) is 15.1. The number of unbranched alkanes of at least 4 members (excludes halogenated alkanes) is 1. The maximum absolute atomic E-state index is 5.31. The van der Waals surface area contributed by atoms with Gasteiger partial charge in [-0.25, -0.2) is 0 Å². The molecule has 1 atom stereocenters. The molecule has 118 valence electrons. The normalized spacial score (nSPS) is 23.8. The molecule has 1 unspecified atom stereocenters. The average molecular weight is 290 g/mol. The maximum atomic E-state index is 5.31. The number of hydrogen-bond donors (Lipinski definition) is 1. The summed E-state index contributed by atoms with van der Waals surface area (Å²) in [6.07, 6.45) is 13.3. The van der Waals surface area contributed by atoms with E-state index in [4.69, 9.17) is 4.74 Å². The second-order valence-electron chi connectivity index (χ2n) is 6.35. The van der Waals surface area contributed by atoms with Crippen molar-refractivity contribution in [2.45, 2.75) is 57.9 Å². The Labute approximate surface area is 129 Å². The number of pyridine rings is 1. The minimum absolute atomic E-state index is 0.403. The van der Waals surface area contributed by atoms with E-state index in [1.54, 1.807) is 13.3 Å². The first kappa shape index (κ1) is 16.3. The first-order valence-electron chi connectivity index (χ1n) is 8.44. The van der Waals surface area contributed by atoms with Crippen molar-refractivity contribution < 1.29 is 4.74 Å². The predicted molar refractivity (Wildman–Crippen MR) is 87.6 cm³/mol. The van der Waals surface area contributed by atoms with Gasteiger partial charge in [-0.15, -0.1) is 0 Å². The predicted octanol–water partition coefficient (Wildman–Crippen LogP) is 4.35. The minimum Gasteiger partial charge on any atom is -0.495 e. The quantitative estimate of drug-likeness (QED) is 0.810. The fourth-order valence-corrected chi connectivity index (χ4v) is 3.69. The van der Waals surface area contributed by atoms with Crippen LogP contribution in [0.3, 0.4) is 0 Å². The smallest absolute Gasteiger partial charge is 0.137 e. The van der Waals surface area contributed by atoms with Crippen LogP contribution in [0.1, 0.15) is 63.5 Å². The van der Waals surface area contributed by atoms with Crippen LogP contribution in [0.4, 0.5) is 0 Å². The van der Waals surface area contributed by atoms with E-state index in [9.17, 15) is 0 Å². The molecule has 1 saturated carbocycles. The summed E-state index contributed by atoms with van der Waals surface area (Å²) in [4.78, 5) is 4.31. The molecular weight excluding hydrogens is 260 g/mol. The van der Waals surface area contributed by atoms with Gasteiger partial charge in [0.15, 0.2) is 0 Å². The summed E-state index contributed by atoms with van der Waals surface area (Å²) in [7, 11) is 3.77. The Morgan fingerprint density at radius 2 is 2.05 bits per heavy atom. The summed E-state index contributed by atoms with van der Waals surface area (Å²) in [6.45, 7) is 2.29. The zero-order valence-electron chi connectivity index (χ0n) is 13.8. The summed E-state index contributed by atoms with van der Waals surface area (Å²) in [5.74, 6) is 2.54. The molecule has 0 spiro atoms. The molecule has 21 heavy (non-hydrogen) atoms. The summed E-state index contributed by atoms with van der Waals surface area (Å²) < 4.78 is 5.31. The second kappa shape index (κ2) is 8.38. The molecule has 0 aliphatic heterocycles. The first-order chi connectivity index (χ1) is 10.3. The number of rotatable bonds is 7. The lowest BCUT2D eigenvalue weighted by atomic mass is 9.75. The minimum atomic E-state index is 0.403. The SMILES string of the molecule is CCCCC1CCC(C(NC)c2cncc(OC)c2)CC1. The molecule has 1 aliphatic rings. The van der Waals surface area contributed by atoms with Crippen LogP contribution in [0, 0.1) is 11.8 Å². The average Bonchev–Trinajstić information content (AvgIpc) is 2.55. The lowest BCUT2D eigenvalue weighted by Crippen LogP contribution is -2.29. The maximum Gasteiger partial charge on any atom is 0.137 e. The van der Waals surface area contributed by atoms with Gasteiger partial charge in [-0.1, -0.05) is 39.0 Å². The highest BCUT2D eigenvalue weighted by atomic mass is 16.5. The van der Waals surface area contributed by atoms with Crippen molar-refractivity contribution in [1.82, 2.24) is 10.3 Å². The molecule has 0 bridgehead atoms. The molecule has 1 aromatic heterocycles. The number of methoxy groups -OCH3 is 1. The molecule has 0 amide bonds. The molecule has 0 radical (unpaired) electrons. The third-order valence-corrected chi connectivity index (χ3v) is 4.97. The van der Waals surface area contributed by atoms with Crippen LogP contribution in [0.2, 0.25) is 0 Å². The number of hydrogen-bond acceptors (Lipinski definition) is 3. The van der Waals surface area contributed by atoms with Crippen molar-refractivity contribution in [3.05, 3.63) is 24.0 Å². The summed E-state index contributed by atoms with van der Waals surface area (Å²) in [5.41, 5.74) is 1.26. The van der Waals surface area contributed by atoms with E-state index in [-0.39, 0.29) is 0 Å². The van der Waals surface area contributed by atoms with E-state index in [1.165, 1.54) is 50.5 Å². The fourth-order valence-electron chi connectivity index (χ4n) is 3.69. The molecule has 0 aromatic carbocycles. The fraction of sp³-hybridized carbons (Fsp3) is 0.722. The number of nitrogens with one attached hydrogen (secondary N) is 1. The van der Waals surface area contributed by atoms with E-state index < -0.39 is 0 Å². The van der Waals surface area contributed by atoms with Gasteiger partial charge in [0.1, 0.15) is 5.75 Å². The summed E-state index contributed by atoms with van der Waals surface area (Å²) in [6, 6.07) is 2.52. The van der Waals surface area contributed by atoms with Gasteiger partial charge in [-0.05, 0) is 43.4 Å². The van der Waals surface area contributed by atoms with Gasteiger partial charge in [-0.2, -0.15) is 0 Å². The van der Waals surface area contributed by atoms with Crippen LogP contribution in [0.25, 0.3) is 0 Å². The summed E-state index contributed by atoms with van der Waals surface area (Å²) in [5, 5.41) is 3.50. The van der Waals surface area contributed by atoms with E-state index in [2.05, 4.69) is 30.3 Å². The second-order valence-corrected chi connectivity index (χ2v) is 6.35. The molecule has 1 heterocycles. The topological polar surface area (TPSA) is 34.2 Å². The van der Waals surface area contributed by atoms with Gasteiger partial charge >= 0.3 is 0 Å². The van der Waals surface area contributed by atoms with E-state index in [1.807, 2.05) is 6.20 Å². The summed E-state index contributed by atoms with van der Waals surface area (Å²) >= 11 is 0. The van der Waals surface area contributed by atoms with Gasteiger partial charge in [0.2, 0.25) is 0 Å².